The number of aromatic nitrogens is 1. The van der Waals surface area contributed by atoms with Crippen LogP contribution in [0.2, 0.25) is 0 Å². The minimum absolute atomic E-state index is 0.106. The molecule has 0 radical (unpaired) electrons. The molecular weight excluding hydrogens is 165 g/mol. The Morgan fingerprint density at radius 1 is 1.73 bits per heavy atom. The van der Waals surface area contributed by atoms with Crippen molar-refractivity contribution in [3.63, 3.8) is 0 Å². The van der Waals surface area contributed by atoms with Crippen LogP contribution in [0.5, 0.6) is 5.75 Å². The van der Waals surface area contributed by atoms with Crippen LogP contribution in [0.3, 0.4) is 0 Å². The molecule has 1 aromatic heterocycles. The second kappa shape index (κ2) is 3.30. The molecule has 0 aromatic carbocycles. The number of carbonyl (C=O) groups is 1. The lowest BCUT2D eigenvalue weighted by molar-refractivity contribution is 0.0762. The van der Waals surface area contributed by atoms with E-state index in [0.717, 1.165) is 0 Å². The number of aromatic hydroxyl groups is 1. The van der Waals surface area contributed by atoms with Gasteiger partial charge in [0.2, 0.25) is 0 Å². The summed E-state index contributed by atoms with van der Waals surface area (Å²) >= 11 is 0. The van der Waals surface area contributed by atoms with Gasteiger partial charge >= 0.3 is 5.97 Å². The van der Waals surface area contributed by atoms with Crippen molar-refractivity contribution >= 4 is 15.4 Å². The maximum absolute atomic E-state index is 10.8. The highest BCUT2D eigenvalue weighted by molar-refractivity contribution is 7.10. The van der Waals surface area contributed by atoms with E-state index in [-0.39, 0.29) is 11.3 Å². The summed E-state index contributed by atoms with van der Waals surface area (Å²) in [5.74, 6) is -0.783. The van der Waals surface area contributed by atoms with Gasteiger partial charge in [-0.1, -0.05) is 0 Å². The smallest absolute Gasteiger partial charge is 0.344 e. The Bertz CT molecular complexity index is 276. The fourth-order valence-corrected chi connectivity index (χ4v) is 0.749. The van der Waals surface area contributed by atoms with E-state index >= 15 is 0 Å². The summed E-state index contributed by atoms with van der Waals surface area (Å²) in [6, 6.07) is 1.38. The largest absolute Gasteiger partial charge is 0.505 e. The fraction of sp³-hybridized carbons (Fsp3) is 0. The highest BCUT2D eigenvalue weighted by atomic mass is 31.0. The summed E-state index contributed by atoms with van der Waals surface area (Å²) in [4.78, 5) is 14.4. The van der Waals surface area contributed by atoms with E-state index in [4.69, 9.17) is 5.11 Å². The Hall–Kier alpha value is -1.15. The maximum atomic E-state index is 10.8. The lowest BCUT2D eigenvalue weighted by Crippen LogP contribution is -1.97. The number of carbonyl (C=O) groups excluding carboxylic acids is 1. The van der Waals surface area contributed by atoms with E-state index in [2.05, 4.69) is 9.51 Å². The van der Waals surface area contributed by atoms with E-state index in [9.17, 15) is 4.79 Å². The van der Waals surface area contributed by atoms with Gasteiger partial charge in [-0.2, -0.15) is 0 Å². The SMILES string of the molecule is O=C(OP)c1ccncc1O. The predicted molar refractivity (Wildman–Crippen MR) is 41.0 cm³/mol. The molecule has 1 N–H and O–H groups in total. The van der Waals surface area contributed by atoms with Crippen LogP contribution in [0.4, 0.5) is 0 Å². The molecule has 0 spiro atoms. The molecule has 4 nitrogen and oxygen atoms in total. The van der Waals surface area contributed by atoms with Gasteiger partial charge in [0.1, 0.15) is 11.3 Å². The minimum atomic E-state index is -0.602. The summed E-state index contributed by atoms with van der Waals surface area (Å²) in [7, 11) is 1.81. The molecule has 0 aliphatic heterocycles. The first-order valence-corrected chi connectivity index (χ1v) is 3.27. The summed E-state index contributed by atoms with van der Waals surface area (Å²) in [6.45, 7) is 0. The van der Waals surface area contributed by atoms with Gasteiger partial charge in [-0.25, -0.2) is 4.79 Å². The molecule has 0 aliphatic rings. The van der Waals surface area contributed by atoms with E-state index < -0.39 is 5.97 Å². The van der Waals surface area contributed by atoms with Crippen molar-refractivity contribution in [2.24, 2.45) is 0 Å². The van der Waals surface area contributed by atoms with Crippen molar-refractivity contribution in [3.8, 4) is 5.75 Å². The first-order chi connectivity index (χ1) is 5.25. The van der Waals surface area contributed by atoms with Crippen LogP contribution in [0.25, 0.3) is 0 Å². The first kappa shape index (κ1) is 7.95. The fourth-order valence-electron chi connectivity index (χ4n) is 0.622. The van der Waals surface area contributed by atoms with E-state index in [1.165, 1.54) is 18.5 Å². The normalized spacial score (nSPS) is 9.18. The van der Waals surface area contributed by atoms with E-state index in [1.807, 2.05) is 9.47 Å². The molecule has 1 atom stereocenters. The summed E-state index contributed by atoms with van der Waals surface area (Å²) < 4.78 is 4.31. The average Bonchev–Trinajstić information content (AvgIpc) is 2.04. The Morgan fingerprint density at radius 3 is 3.00 bits per heavy atom. The van der Waals surface area contributed by atoms with Crippen molar-refractivity contribution < 1.29 is 14.4 Å². The summed E-state index contributed by atoms with van der Waals surface area (Å²) in [6.07, 6.45) is 2.58. The van der Waals surface area contributed by atoms with Crippen molar-refractivity contribution in [1.29, 1.82) is 0 Å². The van der Waals surface area contributed by atoms with Gasteiger partial charge in [0.05, 0.1) is 15.7 Å². The molecule has 0 aliphatic carbocycles. The Balaban J connectivity index is 3.03. The van der Waals surface area contributed by atoms with Crippen molar-refractivity contribution in [2.45, 2.75) is 0 Å². The highest BCUT2D eigenvalue weighted by Crippen LogP contribution is 2.15. The van der Waals surface area contributed by atoms with Gasteiger partial charge < -0.3 is 9.63 Å². The highest BCUT2D eigenvalue weighted by Gasteiger charge is 2.09. The molecule has 0 amide bonds. The number of hydrogen-bond acceptors (Lipinski definition) is 4. The molecule has 1 rings (SSSR count). The third-order valence-electron chi connectivity index (χ3n) is 1.13. The molecule has 0 bridgehead atoms. The molecule has 11 heavy (non-hydrogen) atoms. The van der Waals surface area contributed by atoms with Crippen molar-refractivity contribution in [1.82, 2.24) is 4.98 Å². The second-order valence-electron chi connectivity index (χ2n) is 1.80. The van der Waals surface area contributed by atoms with Crippen LogP contribution in [-0.2, 0) is 4.52 Å². The summed E-state index contributed by atoms with van der Waals surface area (Å²) in [5, 5.41) is 9.04. The van der Waals surface area contributed by atoms with Gasteiger partial charge in [0.15, 0.2) is 0 Å². The Morgan fingerprint density at radius 2 is 2.45 bits per heavy atom. The zero-order valence-electron chi connectivity index (χ0n) is 5.52. The van der Waals surface area contributed by atoms with Gasteiger partial charge in [-0.15, -0.1) is 0 Å². The Kier molecular flexibility index (Phi) is 2.39. The third kappa shape index (κ3) is 1.65. The van der Waals surface area contributed by atoms with Crippen LogP contribution in [0.1, 0.15) is 10.4 Å². The predicted octanol–water partition coefficient (Wildman–Crippen LogP) is 0.734. The monoisotopic (exact) mass is 171 g/mol. The second-order valence-corrected chi connectivity index (χ2v) is 2.03. The molecule has 58 valence electrons. The number of nitrogens with zero attached hydrogens (tertiary/aromatic N) is 1. The molecule has 0 saturated carbocycles. The van der Waals surface area contributed by atoms with E-state index in [1.54, 1.807) is 0 Å². The van der Waals surface area contributed by atoms with Gasteiger partial charge in [-0.05, 0) is 6.07 Å². The zero-order chi connectivity index (χ0) is 8.27. The zero-order valence-corrected chi connectivity index (χ0v) is 6.68. The molecule has 1 heterocycles. The summed E-state index contributed by atoms with van der Waals surface area (Å²) in [5.41, 5.74) is 0.106. The standard InChI is InChI=1S/C6H6NO3P/c8-5-3-7-2-1-4(5)6(9)10-11/h1-3,8H,11H2. The molecule has 1 aromatic rings. The quantitative estimate of drug-likeness (QED) is 0.633. The maximum Gasteiger partial charge on any atom is 0.344 e. The average molecular weight is 171 g/mol. The van der Waals surface area contributed by atoms with Crippen LogP contribution in [0.15, 0.2) is 18.5 Å². The van der Waals surface area contributed by atoms with E-state index in [0.29, 0.717) is 0 Å². The van der Waals surface area contributed by atoms with Crippen LogP contribution in [-0.4, -0.2) is 16.1 Å². The topological polar surface area (TPSA) is 59.4 Å². The number of rotatable bonds is 1. The molecule has 5 heteroatoms. The lowest BCUT2D eigenvalue weighted by atomic mass is 10.2. The van der Waals surface area contributed by atoms with Gasteiger partial charge in [-0.3, -0.25) is 4.98 Å². The first-order valence-electron chi connectivity index (χ1n) is 2.79. The minimum Gasteiger partial charge on any atom is -0.505 e. The molecule has 0 fully saturated rings. The third-order valence-corrected chi connectivity index (χ3v) is 1.34. The van der Waals surface area contributed by atoms with Crippen LogP contribution >= 0.6 is 9.47 Å². The van der Waals surface area contributed by atoms with Crippen LogP contribution in [0, 0.1) is 0 Å². The number of hydrogen-bond donors (Lipinski definition) is 1. The molecular formula is C6H6NO3P. The van der Waals surface area contributed by atoms with Crippen LogP contribution < -0.4 is 0 Å². The van der Waals surface area contributed by atoms with Crippen molar-refractivity contribution in [2.75, 3.05) is 0 Å². The van der Waals surface area contributed by atoms with Gasteiger partial charge in [0, 0.05) is 6.20 Å². The van der Waals surface area contributed by atoms with Gasteiger partial charge in [0.25, 0.3) is 0 Å². The lowest BCUT2D eigenvalue weighted by Gasteiger charge is -1.98. The van der Waals surface area contributed by atoms with Crippen molar-refractivity contribution in [3.05, 3.63) is 24.0 Å². The molecule has 0 saturated heterocycles. The Labute approximate surface area is 65.5 Å². The number of pyridine rings is 1. The molecule has 1 unspecified atom stereocenters.